The summed E-state index contributed by atoms with van der Waals surface area (Å²) in [5, 5.41) is 3.45. The van der Waals surface area contributed by atoms with Gasteiger partial charge in [0.2, 0.25) is 0 Å². The van der Waals surface area contributed by atoms with Crippen LogP contribution < -0.4 is 5.32 Å². The summed E-state index contributed by atoms with van der Waals surface area (Å²) in [6.07, 6.45) is 2.58. The van der Waals surface area contributed by atoms with E-state index >= 15 is 0 Å². The van der Waals surface area contributed by atoms with Gasteiger partial charge in [-0.15, -0.1) is 24.0 Å². The van der Waals surface area contributed by atoms with Gasteiger partial charge in [-0.3, -0.25) is 9.89 Å². The summed E-state index contributed by atoms with van der Waals surface area (Å²) in [6.45, 7) is 17.6. The van der Waals surface area contributed by atoms with Crippen molar-refractivity contribution in [2.75, 3.05) is 39.3 Å². The van der Waals surface area contributed by atoms with Crippen molar-refractivity contribution >= 4 is 29.9 Å². The van der Waals surface area contributed by atoms with Crippen molar-refractivity contribution in [3.05, 3.63) is 0 Å². The highest BCUT2D eigenvalue weighted by Gasteiger charge is 2.19. The largest absolute Gasteiger partial charge is 0.357 e. The molecule has 5 heteroatoms. The molecular formula is C16H35IN4. The minimum Gasteiger partial charge on any atom is -0.357 e. The number of halogens is 1. The molecule has 1 atom stereocenters. The predicted octanol–water partition coefficient (Wildman–Crippen LogP) is 3.03. The van der Waals surface area contributed by atoms with E-state index in [0.29, 0.717) is 6.04 Å². The maximum absolute atomic E-state index is 4.87. The molecule has 0 aromatic heterocycles. The van der Waals surface area contributed by atoms with Gasteiger partial charge in [-0.2, -0.15) is 0 Å². The topological polar surface area (TPSA) is 30.9 Å². The molecule has 126 valence electrons. The third-order valence-electron chi connectivity index (χ3n) is 4.36. The molecule has 21 heavy (non-hydrogen) atoms. The van der Waals surface area contributed by atoms with Crippen molar-refractivity contribution in [2.45, 2.75) is 53.5 Å². The zero-order chi connectivity index (χ0) is 15.0. The molecule has 0 radical (unpaired) electrons. The van der Waals surface area contributed by atoms with Crippen molar-refractivity contribution in [1.82, 2.24) is 15.1 Å². The van der Waals surface area contributed by atoms with E-state index in [1.54, 1.807) is 0 Å². The molecule has 0 aliphatic carbocycles. The average Bonchev–Trinajstić information content (AvgIpc) is 2.46. The minimum atomic E-state index is 0. The number of guanidine groups is 1. The standard InChI is InChI=1S/C16H34N4.HI/c1-6-17-16(20-11-9-14(4)10-12-20)18-13-15(5)19(7-2)8-3;/h14-15H,6-13H2,1-5H3,(H,17,18);1H. The smallest absolute Gasteiger partial charge is 0.193 e. The fourth-order valence-electron chi connectivity index (χ4n) is 2.83. The maximum atomic E-state index is 4.87. The fourth-order valence-corrected chi connectivity index (χ4v) is 2.83. The highest BCUT2D eigenvalue weighted by Crippen LogP contribution is 2.16. The van der Waals surface area contributed by atoms with Crippen molar-refractivity contribution in [3.8, 4) is 0 Å². The molecule has 0 spiro atoms. The van der Waals surface area contributed by atoms with Crippen molar-refractivity contribution in [1.29, 1.82) is 0 Å². The number of hydrogen-bond acceptors (Lipinski definition) is 2. The van der Waals surface area contributed by atoms with Crippen LogP contribution in [0, 0.1) is 5.92 Å². The van der Waals surface area contributed by atoms with Crippen LogP contribution in [0.3, 0.4) is 0 Å². The second-order valence-corrected chi connectivity index (χ2v) is 5.93. The van der Waals surface area contributed by atoms with Crippen LogP contribution in [0.15, 0.2) is 4.99 Å². The van der Waals surface area contributed by atoms with Crippen LogP contribution in [-0.2, 0) is 0 Å². The molecule has 1 rings (SSSR count). The Balaban J connectivity index is 0.00000400. The van der Waals surface area contributed by atoms with E-state index in [1.807, 2.05) is 0 Å². The van der Waals surface area contributed by atoms with Gasteiger partial charge in [-0.05, 0) is 45.7 Å². The zero-order valence-corrected chi connectivity index (χ0v) is 16.9. The maximum Gasteiger partial charge on any atom is 0.193 e. The molecule has 4 nitrogen and oxygen atoms in total. The summed E-state index contributed by atoms with van der Waals surface area (Å²) in [6, 6.07) is 0.516. The average molecular weight is 410 g/mol. The number of nitrogens with one attached hydrogen (secondary N) is 1. The van der Waals surface area contributed by atoms with Gasteiger partial charge >= 0.3 is 0 Å². The Hall–Kier alpha value is -0.0400. The Morgan fingerprint density at radius 2 is 1.81 bits per heavy atom. The van der Waals surface area contributed by atoms with E-state index in [1.165, 1.54) is 12.8 Å². The molecular weight excluding hydrogens is 375 g/mol. The summed E-state index contributed by atoms with van der Waals surface area (Å²) in [4.78, 5) is 9.76. The molecule has 1 aliphatic heterocycles. The van der Waals surface area contributed by atoms with Crippen LogP contribution >= 0.6 is 24.0 Å². The summed E-state index contributed by atoms with van der Waals surface area (Å²) in [5.74, 6) is 1.97. The first-order valence-electron chi connectivity index (χ1n) is 8.39. The first-order chi connectivity index (χ1) is 9.62. The quantitative estimate of drug-likeness (QED) is 0.415. The Bertz CT molecular complexity index is 284. The second-order valence-electron chi connectivity index (χ2n) is 5.93. The van der Waals surface area contributed by atoms with Crippen LogP contribution in [0.5, 0.6) is 0 Å². The molecule has 0 aromatic rings. The Morgan fingerprint density at radius 1 is 1.24 bits per heavy atom. The van der Waals surface area contributed by atoms with Crippen molar-refractivity contribution in [3.63, 3.8) is 0 Å². The van der Waals surface area contributed by atoms with Crippen LogP contribution in [0.1, 0.15) is 47.5 Å². The van der Waals surface area contributed by atoms with Gasteiger partial charge in [-0.25, -0.2) is 0 Å². The molecule has 0 bridgehead atoms. The molecule has 0 saturated carbocycles. The van der Waals surface area contributed by atoms with Gasteiger partial charge in [0, 0.05) is 25.7 Å². The molecule has 1 unspecified atom stereocenters. The van der Waals surface area contributed by atoms with E-state index < -0.39 is 0 Å². The first kappa shape index (κ1) is 21.0. The Labute approximate surface area is 148 Å². The number of likely N-dealkylation sites (tertiary alicyclic amines) is 1. The number of rotatable bonds is 6. The monoisotopic (exact) mass is 410 g/mol. The van der Waals surface area contributed by atoms with Crippen LogP contribution in [0.25, 0.3) is 0 Å². The molecule has 1 saturated heterocycles. The van der Waals surface area contributed by atoms with Gasteiger partial charge in [0.05, 0.1) is 6.54 Å². The number of hydrogen-bond donors (Lipinski definition) is 1. The zero-order valence-electron chi connectivity index (χ0n) is 14.6. The van der Waals surface area contributed by atoms with Crippen LogP contribution in [0.2, 0.25) is 0 Å². The summed E-state index contributed by atoms with van der Waals surface area (Å²) >= 11 is 0. The number of nitrogens with zero attached hydrogens (tertiary/aromatic N) is 3. The third kappa shape index (κ3) is 7.17. The summed E-state index contributed by atoms with van der Waals surface area (Å²) in [5.41, 5.74) is 0. The van der Waals surface area contributed by atoms with Crippen molar-refractivity contribution in [2.24, 2.45) is 10.9 Å². The summed E-state index contributed by atoms with van der Waals surface area (Å²) < 4.78 is 0. The predicted molar refractivity (Wildman–Crippen MR) is 104 cm³/mol. The number of likely N-dealkylation sites (N-methyl/N-ethyl adjacent to an activating group) is 1. The lowest BCUT2D eigenvalue weighted by atomic mass is 10.00. The van der Waals surface area contributed by atoms with Gasteiger partial charge in [0.1, 0.15) is 0 Å². The normalized spacial score (nSPS) is 18.6. The van der Waals surface area contributed by atoms with Gasteiger partial charge in [-0.1, -0.05) is 20.8 Å². The van der Waals surface area contributed by atoms with Crippen LogP contribution in [0.4, 0.5) is 0 Å². The molecule has 1 heterocycles. The molecule has 1 N–H and O–H groups in total. The van der Waals surface area contributed by atoms with Gasteiger partial charge in [0.25, 0.3) is 0 Å². The lowest BCUT2D eigenvalue weighted by Gasteiger charge is -2.33. The lowest BCUT2D eigenvalue weighted by molar-refractivity contribution is 0.234. The molecule has 0 amide bonds. The van der Waals surface area contributed by atoms with E-state index in [-0.39, 0.29) is 24.0 Å². The number of aliphatic imine (C=N–C) groups is 1. The van der Waals surface area contributed by atoms with Crippen molar-refractivity contribution < 1.29 is 0 Å². The van der Waals surface area contributed by atoms with Gasteiger partial charge < -0.3 is 10.2 Å². The molecule has 1 fully saturated rings. The van der Waals surface area contributed by atoms with E-state index in [9.17, 15) is 0 Å². The summed E-state index contributed by atoms with van der Waals surface area (Å²) in [7, 11) is 0. The highest BCUT2D eigenvalue weighted by molar-refractivity contribution is 14.0. The number of piperidine rings is 1. The SMILES string of the molecule is CCNC(=NCC(C)N(CC)CC)N1CCC(C)CC1.I. The van der Waals surface area contributed by atoms with E-state index in [4.69, 9.17) is 4.99 Å². The van der Waals surface area contributed by atoms with E-state index in [0.717, 1.165) is 51.1 Å². The highest BCUT2D eigenvalue weighted by atomic mass is 127. The third-order valence-corrected chi connectivity index (χ3v) is 4.36. The first-order valence-corrected chi connectivity index (χ1v) is 8.39. The van der Waals surface area contributed by atoms with E-state index in [2.05, 4.69) is 49.7 Å². The minimum absolute atomic E-state index is 0. The fraction of sp³-hybridized carbons (Fsp3) is 0.938. The Morgan fingerprint density at radius 3 is 2.29 bits per heavy atom. The Kier molecular flexibility index (Phi) is 11.5. The lowest BCUT2D eigenvalue weighted by Crippen LogP contribution is -2.46. The molecule has 1 aliphatic rings. The molecule has 0 aromatic carbocycles. The van der Waals surface area contributed by atoms with Crippen LogP contribution in [-0.4, -0.2) is 61.1 Å². The second kappa shape index (κ2) is 11.5. The van der Waals surface area contributed by atoms with Gasteiger partial charge in [0.15, 0.2) is 5.96 Å².